The van der Waals surface area contributed by atoms with E-state index in [9.17, 15) is 14.7 Å². The van der Waals surface area contributed by atoms with Gasteiger partial charge in [-0.15, -0.1) is 0 Å². The van der Waals surface area contributed by atoms with Crippen molar-refractivity contribution in [3.63, 3.8) is 0 Å². The molecule has 0 amide bonds. The molecule has 0 spiro atoms. The van der Waals surface area contributed by atoms with E-state index in [1.807, 2.05) is 25.1 Å². The molecule has 0 bridgehead atoms. The lowest BCUT2D eigenvalue weighted by Gasteiger charge is -2.15. The van der Waals surface area contributed by atoms with Gasteiger partial charge in [0.05, 0.1) is 6.54 Å². The summed E-state index contributed by atoms with van der Waals surface area (Å²) in [6.07, 6.45) is -0.933. The first-order valence-electron chi connectivity index (χ1n) is 8.34. The van der Waals surface area contributed by atoms with Crippen molar-refractivity contribution in [1.29, 1.82) is 0 Å². The van der Waals surface area contributed by atoms with Crippen LogP contribution in [-0.4, -0.2) is 36.5 Å². The molecule has 4 N–H and O–H groups in total. The van der Waals surface area contributed by atoms with Crippen molar-refractivity contribution in [1.82, 2.24) is 18.7 Å². The second-order valence-electron chi connectivity index (χ2n) is 6.35. The molecule has 0 aliphatic heterocycles. The summed E-state index contributed by atoms with van der Waals surface area (Å²) < 4.78 is 9.29. The molecule has 3 rings (SSSR count). The molecule has 3 aromatic rings. The number of aromatic nitrogens is 4. The number of hydrazine groups is 1. The molecular weight excluding hydrogens is 352 g/mol. The maximum Gasteiger partial charge on any atom is 0.332 e. The van der Waals surface area contributed by atoms with E-state index in [1.54, 1.807) is 6.07 Å². The lowest BCUT2D eigenvalue weighted by molar-refractivity contribution is 0.0938. The number of hydrogen-bond acceptors (Lipinski definition) is 7. The number of nitrogens with two attached hydrogens (primary N) is 1. The van der Waals surface area contributed by atoms with E-state index in [0.29, 0.717) is 5.75 Å². The van der Waals surface area contributed by atoms with Crippen LogP contribution in [0, 0.1) is 6.92 Å². The van der Waals surface area contributed by atoms with Gasteiger partial charge in [-0.25, -0.2) is 10.6 Å². The van der Waals surface area contributed by atoms with Crippen LogP contribution in [0.2, 0.25) is 0 Å². The van der Waals surface area contributed by atoms with Gasteiger partial charge < -0.3 is 14.4 Å². The fourth-order valence-corrected chi connectivity index (χ4v) is 2.90. The minimum atomic E-state index is -0.933. The topological polar surface area (TPSA) is 129 Å². The van der Waals surface area contributed by atoms with Crippen LogP contribution in [0.3, 0.4) is 0 Å². The number of anilines is 1. The lowest BCUT2D eigenvalue weighted by atomic mass is 10.2. The van der Waals surface area contributed by atoms with Gasteiger partial charge in [0.1, 0.15) is 18.5 Å². The van der Waals surface area contributed by atoms with E-state index < -0.39 is 17.4 Å². The number of aliphatic hydroxyl groups is 1. The first-order chi connectivity index (χ1) is 12.8. The fourth-order valence-electron chi connectivity index (χ4n) is 2.90. The molecule has 10 nitrogen and oxygen atoms in total. The van der Waals surface area contributed by atoms with Crippen LogP contribution in [0.5, 0.6) is 5.75 Å². The van der Waals surface area contributed by atoms with Crippen molar-refractivity contribution in [3.05, 3.63) is 50.7 Å². The van der Waals surface area contributed by atoms with Gasteiger partial charge in [-0.3, -0.25) is 19.4 Å². The zero-order valence-corrected chi connectivity index (χ0v) is 15.3. The van der Waals surface area contributed by atoms with Crippen LogP contribution in [0.4, 0.5) is 5.95 Å². The summed E-state index contributed by atoms with van der Waals surface area (Å²) in [6.45, 7) is 1.97. The van der Waals surface area contributed by atoms with Crippen molar-refractivity contribution in [2.75, 3.05) is 12.0 Å². The van der Waals surface area contributed by atoms with Crippen LogP contribution in [-0.2, 0) is 20.6 Å². The Morgan fingerprint density at radius 2 is 2.04 bits per heavy atom. The number of rotatable bonds is 6. The third-order valence-corrected chi connectivity index (χ3v) is 4.30. The highest BCUT2D eigenvalue weighted by molar-refractivity contribution is 5.74. The molecule has 10 heteroatoms. The fraction of sp³-hybridized carbons (Fsp3) is 0.353. The van der Waals surface area contributed by atoms with Gasteiger partial charge in [0.25, 0.3) is 5.56 Å². The van der Waals surface area contributed by atoms with E-state index in [4.69, 9.17) is 10.6 Å². The van der Waals surface area contributed by atoms with Crippen molar-refractivity contribution in [2.45, 2.75) is 19.6 Å². The van der Waals surface area contributed by atoms with Crippen LogP contribution in [0.1, 0.15) is 5.56 Å². The average Bonchev–Trinajstić information content (AvgIpc) is 3.01. The lowest BCUT2D eigenvalue weighted by Crippen LogP contribution is -2.38. The molecule has 1 unspecified atom stereocenters. The highest BCUT2D eigenvalue weighted by Gasteiger charge is 2.20. The van der Waals surface area contributed by atoms with E-state index >= 15 is 0 Å². The number of nitrogens with zero attached hydrogens (tertiary/aromatic N) is 4. The number of benzene rings is 1. The summed E-state index contributed by atoms with van der Waals surface area (Å²) in [5.41, 5.74) is 2.78. The number of aryl methyl sites for hydroxylation is 2. The predicted octanol–water partition coefficient (Wildman–Crippen LogP) is -0.532. The van der Waals surface area contributed by atoms with E-state index in [0.717, 1.165) is 10.1 Å². The van der Waals surface area contributed by atoms with E-state index in [1.165, 1.54) is 23.2 Å². The minimum absolute atomic E-state index is 0.00922. The smallest absolute Gasteiger partial charge is 0.332 e. The Morgan fingerprint density at radius 1 is 1.30 bits per heavy atom. The maximum atomic E-state index is 12.6. The Hall–Kier alpha value is -3.11. The Bertz CT molecular complexity index is 1100. The quantitative estimate of drug-likeness (QED) is 0.391. The van der Waals surface area contributed by atoms with Crippen LogP contribution in [0.15, 0.2) is 33.9 Å². The van der Waals surface area contributed by atoms with Gasteiger partial charge in [0.15, 0.2) is 11.2 Å². The summed E-state index contributed by atoms with van der Waals surface area (Å²) in [5, 5.41) is 10.4. The van der Waals surface area contributed by atoms with E-state index in [2.05, 4.69) is 10.4 Å². The van der Waals surface area contributed by atoms with Crippen molar-refractivity contribution >= 4 is 17.1 Å². The molecule has 1 aromatic carbocycles. The number of imidazole rings is 1. The second-order valence-corrected chi connectivity index (χ2v) is 6.35. The summed E-state index contributed by atoms with van der Waals surface area (Å²) in [6, 6.07) is 7.46. The summed E-state index contributed by atoms with van der Waals surface area (Å²) in [5.74, 6) is 6.31. The Kier molecular flexibility index (Phi) is 5.02. The number of nitrogen functional groups attached to an aromatic ring is 1. The molecule has 0 fully saturated rings. The van der Waals surface area contributed by atoms with Crippen molar-refractivity contribution in [3.8, 4) is 5.75 Å². The average molecular weight is 374 g/mol. The van der Waals surface area contributed by atoms with Gasteiger partial charge >= 0.3 is 5.69 Å². The molecule has 1 atom stereocenters. The van der Waals surface area contributed by atoms with Crippen molar-refractivity contribution in [2.24, 2.45) is 19.9 Å². The largest absolute Gasteiger partial charge is 0.491 e. The molecule has 0 aliphatic rings. The molecule has 2 aromatic heterocycles. The molecule has 27 heavy (non-hydrogen) atoms. The molecule has 144 valence electrons. The van der Waals surface area contributed by atoms with Gasteiger partial charge in [0, 0.05) is 14.1 Å². The number of fused-ring (bicyclic) bond motifs is 1. The van der Waals surface area contributed by atoms with Gasteiger partial charge in [-0.2, -0.15) is 4.98 Å². The minimum Gasteiger partial charge on any atom is -0.491 e. The zero-order chi connectivity index (χ0) is 19.7. The zero-order valence-electron chi connectivity index (χ0n) is 15.3. The third-order valence-electron chi connectivity index (χ3n) is 4.30. The van der Waals surface area contributed by atoms with E-state index in [-0.39, 0.29) is 30.3 Å². The maximum absolute atomic E-state index is 12.6. The number of hydrogen-bond donors (Lipinski definition) is 3. The predicted molar refractivity (Wildman–Crippen MR) is 101 cm³/mol. The number of ether oxygens (including phenoxy) is 1. The summed E-state index contributed by atoms with van der Waals surface area (Å²) in [4.78, 5) is 28.8. The highest BCUT2D eigenvalue weighted by Crippen LogP contribution is 2.16. The third kappa shape index (κ3) is 3.44. The molecular formula is C17H22N6O4. The van der Waals surface area contributed by atoms with Gasteiger partial charge in [0.2, 0.25) is 5.95 Å². The molecule has 0 saturated heterocycles. The first kappa shape index (κ1) is 18.7. The highest BCUT2D eigenvalue weighted by atomic mass is 16.5. The molecule has 0 radical (unpaired) electrons. The summed E-state index contributed by atoms with van der Waals surface area (Å²) >= 11 is 0. The normalized spacial score (nSPS) is 12.3. The molecule has 2 heterocycles. The first-order valence-corrected chi connectivity index (χ1v) is 8.34. The van der Waals surface area contributed by atoms with Gasteiger partial charge in [-0.1, -0.05) is 12.1 Å². The van der Waals surface area contributed by atoms with Crippen LogP contribution >= 0.6 is 0 Å². The van der Waals surface area contributed by atoms with Crippen LogP contribution in [0.25, 0.3) is 11.2 Å². The molecule has 0 aliphatic carbocycles. The Morgan fingerprint density at radius 3 is 2.70 bits per heavy atom. The second kappa shape index (κ2) is 7.25. The number of aliphatic hydroxyl groups excluding tert-OH is 1. The standard InChI is InChI=1S/C17H22N6O4/c1-10-5-4-6-12(7-10)27-9-11(24)8-23-13-14(19-16(23)20-18)21(2)17(26)22(3)15(13)25/h4-7,11,24H,8-9,18H2,1-3H3,(H,19,20). The monoisotopic (exact) mass is 374 g/mol. The Labute approximate surface area is 154 Å². The number of nitrogens with one attached hydrogen (secondary N) is 1. The van der Waals surface area contributed by atoms with Crippen molar-refractivity contribution < 1.29 is 9.84 Å². The Balaban J connectivity index is 1.92. The van der Waals surface area contributed by atoms with Gasteiger partial charge in [-0.05, 0) is 24.6 Å². The van der Waals surface area contributed by atoms with Crippen LogP contribution < -0.4 is 27.3 Å². The summed E-state index contributed by atoms with van der Waals surface area (Å²) in [7, 11) is 2.90. The molecule has 0 saturated carbocycles. The SMILES string of the molecule is Cc1cccc(OCC(O)Cn2c(NN)nc3c2c(=O)n(C)c(=O)n3C)c1.